The third kappa shape index (κ3) is 5.10. The van der Waals surface area contributed by atoms with E-state index in [1.165, 1.54) is 11.1 Å². The summed E-state index contributed by atoms with van der Waals surface area (Å²) in [4.78, 5) is 4.69. The largest absolute Gasteiger partial charge is 0.361 e. The topological polar surface area (TPSA) is 62.5 Å². The van der Waals surface area contributed by atoms with Crippen molar-refractivity contribution < 1.29 is 4.52 Å². The molecule has 0 amide bonds. The van der Waals surface area contributed by atoms with Crippen molar-refractivity contribution in [1.29, 1.82) is 0 Å². The Morgan fingerprint density at radius 2 is 2.22 bits per heavy atom. The van der Waals surface area contributed by atoms with Crippen molar-refractivity contribution in [3.05, 3.63) is 39.4 Å². The van der Waals surface area contributed by atoms with Crippen LogP contribution in [0.5, 0.6) is 0 Å². The SMILES string of the molecule is CCNC(=NCC(C)c1ccsc1)NCCc1c(C)noc1C. The first kappa shape index (κ1) is 17.5. The van der Waals surface area contributed by atoms with Gasteiger partial charge in [-0.25, -0.2) is 0 Å². The lowest BCUT2D eigenvalue weighted by Crippen LogP contribution is -2.38. The average Bonchev–Trinajstić information content (AvgIpc) is 3.17. The first-order valence-electron chi connectivity index (χ1n) is 8.07. The number of rotatable bonds is 7. The van der Waals surface area contributed by atoms with Crippen molar-refractivity contribution in [2.24, 2.45) is 4.99 Å². The van der Waals surface area contributed by atoms with Crippen LogP contribution in [0.4, 0.5) is 0 Å². The van der Waals surface area contributed by atoms with Crippen LogP contribution >= 0.6 is 11.3 Å². The molecule has 6 heteroatoms. The first-order valence-corrected chi connectivity index (χ1v) is 9.02. The summed E-state index contributed by atoms with van der Waals surface area (Å²) in [6, 6.07) is 2.17. The van der Waals surface area contributed by atoms with E-state index < -0.39 is 0 Å². The van der Waals surface area contributed by atoms with Crippen LogP contribution in [0.2, 0.25) is 0 Å². The molecule has 0 bridgehead atoms. The molecule has 1 atom stereocenters. The minimum Gasteiger partial charge on any atom is -0.361 e. The monoisotopic (exact) mass is 334 g/mol. The summed E-state index contributed by atoms with van der Waals surface area (Å²) in [6.07, 6.45) is 0.881. The summed E-state index contributed by atoms with van der Waals surface area (Å²) < 4.78 is 5.20. The molecule has 0 aromatic carbocycles. The van der Waals surface area contributed by atoms with E-state index >= 15 is 0 Å². The van der Waals surface area contributed by atoms with Crippen LogP contribution in [0.3, 0.4) is 0 Å². The maximum atomic E-state index is 5.20. The van der Waals surface area contributed by atoms with E-state index in [0.717, 1.165) is 43.5 Å². The molecule has 0 aliphatic rings. The summed E-state index contributed by atoms with van der Waals surface area (Å²) in [5.74, 6) is 2.19. The zero-order chi connectivity index (χ0) is 16.7. The summed E-state index contributed by atoms with van der Waals surface area (Å²) in [7, 11) is 0. The van der Waals surface area contributed by atoms with Gasteiger partial charge in [-0.05, 0) is 49.6 Å². The maximum Gasteiger partial charge on any atom is 0.191 e. The zero-order valence-corrected chi connectivity index (χ0v) is 15.2. The van der Waals surface area contributed by atoms with Crippen LogP contribution in [-0.2, 0) is 6.42 Å². The van der Waals surface area contributed by atoms with Gasteiger partial charge in [0.2, 0.25) is 0 Å². The molecule has 5 nitrogen and oxygen atoms in total. The molecule has 1 unspecified atom stereocenters. The Kier molecular flexibility index (Phi) is 6.65. The molecule has 23 heavy (non-hydrogen) atoms. The highest BCUT2D eigenvalue weighted by molar-refractivity contribution is 7.07. The fourth-order valence-electron chi connectivity index (χ4n) is 2.40. The van der Waals surface area contributed by atoms with E-state index in [0.29, 0.717) is 5.92 Å². The summed E-state index contributed by atoms with van der Waals surface area (Å²) in [6.45, 7) is 10.7. The highest BCUT2D eigenvalue weighted by Gasteiger charge is 2.09. The molecular formula is C17H26N4OS. The number of nitrogens with one attached hydrogen (secondary N) is 2. The van der Waals surface area contributed by atoms with Crippen molar-refractivity contribution >= 4 is 17.3 Å². The Labute approximate surface area is 142 Å². The van der Waals surface area contributed by atoms with Crippen LogP contribution in [0, 0.1) is 13.8 Å². The molecule has 0 spiro atoms. The fourth-order valence-corrected chi connectivity index (χ4v) is 3.18. The molecule has 0 saturated heterocycles. The zero-order valence-electron chi connectivity index (χ0n) is 14.3. The highest BCUT2D eigenvalue weighted by atomic mass is 32.1. The number of thiophene rings is 1. The molecule has 2 N–H and O–H groups in total. The number of aryl methyl sites for hydroxylation is 2. The predicted octanol–water partition coefficient (Wildman–Crippen LogP) is 3.25. The van der Waals surface area contributed by atoms with Gasteiger partial charge in [0.15, 0.2) is 5.96 Å². The van der Waals surface area contributed by atoms with Crippen molar-refractivity contribution in [3.8, 4) is 0 Å². The molecule has 2 aromatic heterocycles. The molecule has 2 rings (SSSR count). The average molecular weight is 334 g/mol. The Hall–Kier alpha value is -1.82. The van der Waals surface area contributed by atoms with Crippen LogP contribution in [0.1, 0.15) is 42.3 Å². The molecule has 0 aliphatic carbocycles. The van der Waals surface area contributed by atoms with Crippen molar-refractivity contribution in [3.63, 3.8) is 0 Å². The first-order chi connectivity index (χ1) is 11.1. The van der Waals surface area contributed by atoms with Gasteiger partial charge in [0, 0.05) is 31.1 Å². The van der Waals surface area contributed by atoms with Gasteiger partial charge in [-0.1, -0.05) is 12.1 Å². The molecule has 0 fully saturated rings. The Balaban J connectivity index is 1.86. The normalized spacial score (nSPS) is 13.1. The van der Waals surface area contributed by atoms with Gasteiger partial charge in [0.1, 0.15) is 5.76 Å². The Bertz CT molecular complexity index is 599. The summed E-state index contributed by atoms with van der Waals surface area (Å²) >= 11 is 1.73. The van der Waals surface area contributed by atoms with E-state index in [-0.39, 0.29) is 0 Å². The second-order valence-corrected chi connectivity index (χ2v) is 6.44. The molecular weight excluding hydrogens is 308 g/mol. The van der Waals surface area contributed by atoms with E-state index in [1.54, 1.807) is 11.3 Å². The third-order valence-corrected chi connectivity index (χ3v) is 4.53. The summed E-state index contributed by atoms with van der Waals surface area (Å²) in [5.41, 5.74) is 3.50. The molecule has 2 heterocycles. The fraction of sp³-hybridized carbons (Fsp3) is 0.529. The van der Waals surface area contributed by atoms with Gasteiger partial charge in [-0.3, -0.25) is 4.99 Å². The van der Waals surface area contributed by atoms with Gasteiger partial charge < -0.3 is 15.2 Å². The molecule has 0 aliphatic heterocycles. The van der Waals surface area contributed by atoms with Crippen LogP contribution in [0.25, 0.3) is 0 Å². The minimum atomic E-state index is 0.430. The van der Waals surface area contributed by atoms with E-state index in [1.807, 2.05) is 13.8 Å². The Morgan fingerprint density at radius 3 is 2.83 bits per heavy atom. The van der Waals surface area contributed by atoms with Gasteiger partial charge in [0.25, 0.3) is 0 Å². The lowest BCUT2D eigenvalue weighted by atomic mass is 10.1. The highest BCUT2D eigenvalue weighted by Crippen LogP contribution is 2.18. The van der Waals surface area contributed by atoms with Gasteiger partial charge in [-0.2, -0.15) is 11.3 Å². The second-order valence-electron chi connectivity index (χ2n) is 5.66. The molecule has 0 radical (unpaired) electrons. The lowest BCUT2D eigenvalue weighted by molar-refractivity contribution is 0.392. The van der Waals surface area contributed by atoms with Crippen molar-refractivity contribution in [2.75, 3.05) is 19.6 Å². The van der Waals surface area contributed by atoms with Crippen LogP contribution in [-0.4, -0.2) is 30.8 Å². The number of aliphatic imine (C=N–C) groups is 1. The van der Waals surface area contributed by atoms with Crippen molar-refractivity contribution in [2.45, 2.75) is 40.0 Å². The smallest absolute Gasteiger partial charge is 0.191 e. The predicted molar refractivity (Wildman–Crippen MR) is 96.4 cm³/mol. The third-order valence-electron chi connectivity index (χ3n) is 3.83. The molecule has 126 valence electrons. The summed E-state index contributed by atoms with van der Waals surface area (Å²) in [5, 5.41) is 15.0. The van der Waals surface area contributed by atoms with Crippen molar-refractivity contribution in [1.82, 2.24) is 15.8 Å². The van der Waals surface area contributed by atoms with E-state index in [4.69, 9.17) is 9.52 Å². The maximum absolute atomic E-state index is 5.20. The molecule has 2 aromatic rings. The lowest BCUT2D eigenvalue weighted by Gasteiger charge is -2.13. The van der Waals surface area contributed by atoms with Gasteiger partial charge in [0.05, 0.1) is 5.69 Å². The number of hydrogen-bond donors (Lipinski definition) is 2. The minimum absolute atomic E-state index is 0.430. The number of aromatic nitrogens is 1. The van der Waals surface area contributed by atoms with E-state index in [2.05, 4.69) is 46.5 Å². The Morgan fingerprint density at radius 1 is 1.39 bits per heavy atom. The second kappa shape index (κ2) is 8.72. The van der Waals surface area contributed by atoms with E-state index in [9.17, 15) is 0 Å². The number of guanidine groups is 1. The van der Waals surface area contributed by atoms with Gasteiger partial charge >= 0.3 is 0 Å². The number of hydrogen-bond acceptors (Lipinski definition) is 4. The van der Waals surface area contributed by atoms with Crippen LogP contribution in [0.15, 0.2) is 26.3 Å². The number of nitrogens with zero attached hydrogens (tertiary/aromatic N) is 2. The standard InChI is InChI=1S/C17H26N4OS/c1-5-18-17(20-10-12(2)15-7-9-23-11-15)19-8-6-16-13(3)21-22-14(16)4/h7,9,11-12H,5-6,8,10H2,1-4H3,(H2,18,19,20). The quantitative estimate of drug-likeness (QED) is 0.603. The van der Waals surface area contributed by atoms with Gasteiger partial charge in [-0.15, -0.1) is 0 Å². The molecule has 0 saturated carbocycles. The van der Waals surface area contributed by atoms with Crippen LogP contribution < -0.4 is 10.6 Å².